The topological polar surface area (TPSA) is 26.3 Å². The predicted octanol–water partition coefficient (Wildman–Crippen LogP) is 3.22. The van der Waals surface area contributed by atoms with Gasteiger partial charge in [-0.1, -0.05) is 13.8 Å². The summed E-state index contributed by atoms with van der Waals surface area (Å²) in [6.45, 7) is 4.34. The number of Topliss-reactive ketones (excluding diaryl/α,β-unsaturated/α-hetero) is 1. The molecule has 0 bridgehead atoms. The molecule has 15 heavy (non-hydrogen) atoms. The van der Waals surface area contributed by atoms with E-state index in [4.69, 9.17) is 4.74 Å². The molecule has 1 aliphatic heterocycles. The summed E-state index contributed by atoms with van der Waals surface area (Å²) in [6, 6.07) is 0. The zero-order valence-electron chi connectivity index (χ0n) is 9.71. The summed E-state index contributed by atoms with van der Waals surface area (Å²) >= 11 is 0. The Labute approximate surface area is 91.7 Å². The Morgan fingerprint density at radius 2 is 2.07 bits per heavy atom. The fourth-order valence-electron chi connectivity index (χ4n) is 2.72. The third-order valence-electron chi connectivity index (χ3n) is 3.62. The molecular weight excluding hydrogens is 188 g/mol. The summed E-state index contributed by atoms with van der Waals surface area (Å²) in [5.74, 6) is 1.83. The second-order valence-electron chi connectivity index (χ2n) is 4.60. The summed E-state index contributed by atoms with van der Waals surface area (Å²) in [6.07, 6.45) is 6.21. The number of carbonyl (C=O) groups excluding carboxylic acids is 1. The molecule has 0 radical (unpaired) electrons. The lowest BCUT2D eigenvalue weighted by atomic mass is 9.80. The van der Waals surface area contributed by atoms with E-state index in [0.29, 0.717) is 17.8 Å². The predicted molar refractivity (Wildman–Crippen MR) is 59.4 cm³/mol. The third-order valence-corrected chi connectivity index (χ3v) is 3.62. The van der Waals surface area contributed by atoms with Gasteiger partial charge in [-0.3, -0.25) is 4.79 Å². The van der Waals surface area contributed by atoms with Crippen LogP contribution >= 0.6 is 0 Å². The van der Waals surface area contributed by atoms with Gasteiger partial charge < -0.3 is 4.74 Å². The van der Waals surface area contributed by atoms with Crippen LogP contribution in [0, 0.1) is 5.92 Å². The van der Waals surface area contributed by atoms with Gasteiger partial charge in [0, 0.05) is 18.4 Å². The fraction of sp³-hybridized carbons (Fsp3) is 0.769. The van der Waals surface area contributed by atoms with Crippen LogP contribution in [0.5, 0.6) is 0 Å². The summed E-state index contributed by atoms with van der Waals surface area (Å²) in [5.41, 5.74) is 1.04. The average Bonchev–Trinajstić information content (AvgIpc) is 2.27. The van der Waals surface area contributed by atoms with Crippen LogP contribution in [-0.2, 0) is 9.53 Å². The van der Waals surface area contributed by atoms with Gasteiger partial charge in [0.2, 0.25) is 0 Å². The van der Waals surface area contributed by atoms with E-state index in [-0.39, 0.29) is 0 Å². The van der Waals surface area contributed by atoms with E-state index in [0.717, 1.165) is 49.9 Å². The minimum absolute atomic E-state index is 0.345. The molecule has 1 aliphatic carbocycles. The van der Waals surface area contributed by atoms with Crippen LogP contribution in [0.1, 0.15) is 52.4 Å². The van der Waals surface area contributed by atoms with Gasteiger partial charge in [0.05, 0.1) is 6.10 Å². The Bertz CT molecular complexity index is 291. The lowest BCUT2D eigenvalue weighted by Crippen LogP contribution is -2.30. The van der Waals surface area contributed by atoms with Gasteiger partial charge >= 0.3 is 0 Å². The fourth-order valence-corrected chi connectivity index (χ4v) is 2.72. The second kappa shape index (κ2) is 4.38. The first-order chi connectivity index (χ1) is 7.26. The summed E-state index contributed by atoms with van der Waals surface area (Å²) in [4.78, 5) is 11.9. The van der Waals surface area contributed by atoms with Crippen LogP contribution < -0.4 is 0 Å². The molecule has 2 atom stereocenters. The number of hydrogen-bond acceptors (Lipinski definition) is 2. The van der Waals surface area contributed by atoms with Gasteiger partial charge in [-0.15, -0.1) is 0 Å². The Balaban J connectivity index is 2.27. The van der Waals surface area contributed by atoms with Crippen molar-refractivity contribution in [1.82, 2.24) is 0 Å². The molecule has 0 unspecified atom stereocenters. The number of hydrogen-bond donors (Lipinski definition) is 0. The van der Waals surface area contributed by atoms with E-state index in [1.165, 1.54) is 0 Å². The van der Waals surface area contributed by atoms with Crippen molar-refractivity contribution in [2.75, 3.05) is 0 Å². The van der Waals surface area contributed by atoms with Crippen molar-refractivity contribution >= 4 is 5.78 Å². The molecular formula is C13H20O2. The highest BCUT2D eigenvalue weighted by Gasteiger charge is 2.34. The molecule has 0 spiro atoms. The lowest BCUT2D eigenvalue weighted by molar-refractivity contribution is -0.118. The molecule has 2 nitrogen and oxygen atoms in total. The Morgan fingerprint density at radius 3 is 2.73 bits per heavy atom. The molecule has 0 aromatic rings. The molecule has 2 aliphatic rings. The van der Waals surface area contributed by atoms with Crippen molar-refractivity contribution in [1.29, 1.82) is 0 Å². The van der Waals surface area contributed by atoms with Crippen LogP contribution in [0.4, 0.5) is 0 Å². The van der Waals surface area contributed by atoms with E-state index in [1.54, 1.807) is 0 Å². The molecule has 1 heterocycles. The van der Waals surface area contributed by atoms with E-state index in [2.05, 4.69) is 13.8 Å². The lowest BCUT2D eigenvalue weighted by Gasteiger charge is -2.35. The highest BCUT2D eigenvalue weighted by Crippen LogP contribution is 2.38. The highest BCUT2D eigenvalue weighted by atomic mass is 16.5. The molecule has 0 amide bonds. The van der Waals surface area contributed by atoms with Crippen molar-refractivity contribution < 1.29 is 9.53 Å². The van der Waals surface area contributed by atoms with Crippen molar-refractivity contribution in [3.05, 3.63) is 11.3 Å². The summed E-state index contributed by atoms with van der Waals surface area (Å²) in [7, 11) is 0. The SMILES string of the molecule is CC[C@@H]1C[C@@H](CC)C2=C(CCCC2=O)O1. The number of allylic oxidation sites excluding steroid dienone is 2. The maximum absolute atomic E-state index is 11.9. The third kappa shape index (κ3) is 1.95. The molecule has 2 rings (SSSR count). The first kappa shape index (κ1) is 10.7. The monoisotopic (exact) mass is 208 g/mol. The van der Waals surface area contributed by atoms with E-state index in [1.807, 2.05) is 0 Å². The van der Waals surface area contributed by atoms with Crippen LogP contribution in [0.3, 0.4) is 0 Å². The summed E-state index contributed by atoms with van der Waals surface area (Å²) in [5, 5.41) is 0. The molecule has 2 heteroatoms. The smallest absolute Gasteiger partial charge is 0.162 e. The maximum atomic E-state index is 11.9. The van der Waals surface area contributed by atoms with Gasteiger partial charge in [0.15, 0.2) is 5.78 Å². The van der Waals surface area contributed by atoms with Gasteiger partial charge in [-0.05, 0) is 31.6 Å². The van der Waals surface area contributed by atoms with E-state index < -0.39 is 0 Å². The van der Waals surface area contributed by atoms with Gasteiger partial charge in [-0.2, -0.15) is 0 Å². The van der Waals surface area contributed by atoms with Gasteiger partial charge in [-0.25, -0.2) is 0 Å². The van der Waals surface area contributed by atoms with E-state index >= 15 is 0 Å². The molecule has 0 aromatic carbocycles. The minimum Gasteiger partial charge on any atom is -0.494 e. The molecule has 0 aromatic heterocycles. The maximum Gasteiger partial charge on any atom is 0.162 e. The number of ether oxygens (including phenoxy) is 1. The van der Waals surface area contributed by atoms with Crippen molar-refractivity contribution in [2.45, 2.75) is 58.5 Å². The number of ketones is 1. The molecule has 0 fully saturated rings. The molecule has 0 saturated carbocycles. The molecule has 0 saturated heterocycles. The van der Waals surface area contributed by atoms with E-state index in [9.17, 15) is 4.79 Å². The molecule has 84 valence electrons. The number of rotatable bonds is 2. The van der Waals surface area contributed by atoms with Gasteiger partial charge in [0.1, 0.15) is 5.76 Å². The normalized spacial score (nSPS) is 31.2. The first-order valence-electron chi connectivity index (χ1n) is 6.19. The van der Waals surface area contributed by atoms with Crippen LogP contribution in [0.2, 0.25) is 0 Å². The zero-order chi connectivity index (χ0) is 10.8. The quantitative estimate of drug-likeness (QED) is 0.696. The standard InChI is InChI=1S/C13H20O2/c1-3-9-8-10(4-2)15-12-7-5-6-11(14)13(9)12/h9-10H,3-8H2,1-2H3/t9-,10-/m1/s1. The Kier molecular flexibility index (Phi) is 3.13. The van der Waals surface area contributed by atoms with Crippen molar-refractivity contribution in [3.8, 4) is 0 Å². The summed E-state index contributed by atoms with van der Waals surface area (Å²) < 4.78 is 5.90. The van der Waals surface area contributed by atoms with Crippen LogP contribution in [-0.4, -0.2) is 11.9 Å². The first-order valence-corrected chi connectivity index (χ1v) is 6.19. The minimum atomic E-state index is 0.345. The van der Waals surface area contributed by atoms with Crippen molar-refractivity contribution in [2.24, 2.45) is 5.92 Å². The Hall–Kier alpha value is -0.790. The van der Waals surface area contributed by atoms with Crippen LogP contribution in [0.25, 0.3) is 0 Å². The van der Waals surface area contributed by atoms with Crippen LogP contribution in [0.15, 0.2) is 11.3 Å². The molecule has 0 N–H and O–H groups in total. The highest BCUT2D eigenvalue weighted by molar-refractivity contribution is 5.97. The largest absolute Gasteiger partial charge is 0.494 e. The average molecular weight is 208 g/mol. The second-order valence-corrected chi connectivity index (χ2v) is 4.60. The zero-order valence-corrected chi connectivity index (χ0v) is 9.71. The number of carbonyl (C=O) groups is 1. The van der Waals surface area contributed by atoms with Crippen molar-refractivity contribution in [3.63, 3.8) is 0 Å². The Morgan fingerprint density at radius 1 is 1.27 bits per heavy atom. The van der Waals surface area contributed by atoms with Gasteiger partial charge in [0.25, 0.3) is 0 Å².